The summed E-state index contributed by atoms with van der Waals surface area (Å²) in [5.74, 6) is 0.100. The third kappa shape index (κ3) is 5.16. The van der Waals surface area contributed by atoms with Gasteiger partial charge in [0.2, 0.25) is 0 Å². The summed E-state index contributed by atoms with van der Waals surface area (Å²) < 4.78 is 10.8. The van der Waals surface area contributed by atoms with E-state index in [2.05, 4.69) is 12.1 Å². The maximum absolute atomic E-state index is 8.59. The van der Waals surface area contributed by atoms with Gasteiger partial charge in [-0.25, -0.2) is 0 Å². The van der Waals surface area contributed by atoms with Crippen LogP contribution in [-0.2, 0) is 16.1 Å². The van der Waals surface area contributed by atoms with Crippen LogP contribution in [0, 0.1) is 0 Å². The monoisotopic (exact) mass is 252 g/mol. The summed E-state index contributed by atoms with van der Waals surface area (Å²) in [6, 6.07) is 7.39. The lowest BCUT2D eigenvalue weighted by Crippen LogP contribution is -2.13. The molecule has 0 aliphatic rings. The van der Waals surface area contributed by atoms with Crippen LogP contribution in [0.25, 0.3) is 0 Å². The minimum atomic E-state index is 0.100. The Bertz CT molecular complexity index is 380. The van der Waals surface area contributed by atoms with Crippen molar-refractivity contribution in [1.82, 2.24) is 0 Å². The number of ether oxygens (including phenoxy) is 2. The summed E-state index contributed by atoms with van der Waals surface area (Å²) in [6.45, 7) is 4.49. The van der Waals surface area contributed by atoms with Gasteiger partial charge in [-0.15, -0.1) is 0 Å². The molecule has 0 saturated carbocycles. The molecule has 0 unspecified atom stereocenters. The van der Waals surface area contributed by atoms with E-state index in [9.17, 15) is 0 Å². The average Bonchev–Trinajstić information content (AvgIpc) is 2.42. The number of nitrogens with two attached hydrogens (primary N) is 1. The van der Waals surface area contributed by atoms with Gasteiger partial charge in [0.25, 0.3) is 0 Å². The second kappa shape index (κ2) is 8.49. The van der Waals surface area contributed by atoms with E-state index in [1.165, 1.54) is 0 Å². The average molecular weight is 252 g/mol. The molecule has 18 heavy (non-hydrogen) atoms. The highest BCUT2D eigenvalue weighted by Gasteiger charge is 2.00. The lowest BCUT2D eigenvalue weighted by atomic mass is 10.1. The van der Waals surface area contributed by atoms with Crippen LogP contribution in [0.1, 0.15) is 24.5 Å². The zero-order chi connectivity index (χ0) is 13.2. The Morgan fingerprint density at radius 2 is 2.06 bits per heavy atom. The molecule has 0 saturated heterocycles. The van der Waals surface area contributed by atoms with E-state index in [0.29, 0.717) is 25.4 Å². The predicted octanol–water partition coefficient (Wildman–Crippen LogP) is 1.72. The van der Waals surface area contributed by atoms with Crippen molar-refractivity contribution in [3.05, 3.63) is 35.4 Å². The van der Waals surface area contributed by atoms with E-state index in [4.69, 9.17) is 20.4 Å². The number of benzene rings is 1. The summed E-state index contributed by atoms with van der Waals surface area (Å²) in [5.41, 5.74) is 7.17. The molecule has 0 amide bonds. The van der Waals surface area contributed by atoms with E-state index < -0.39 is 0 Å². The highest BCUT2D eigenvalue weighted by molar-refractivity contribution is 5.97. The van der Waals surface area contributed by atoms with Crippen LogP contribution in [0.15, 0.2) is 29.4 Å². The van der Waals surface area contributed by atoms with Crippen molar-refractivity contribution in [1.29, 1.82) is 0 Å². The molecule has 0 heterocycles. The lowest BCUT2D eigenvalue weighted by molar-refractivity contribution is 0.0408. The standard InChI is InChI=1S/C13H20N2O3/c1-2-6-17-7-8-18-10-11-4-3-5-12(9-11)13(14)15-16/h3-5,9,16H,2,6-8,10H2,1H3,(H2,14,15). The summed E-state index contributed by atoms with van der Waals surface area (Å²) >= 11 is 0. The summed E-state index contributed by atoms with van der Waals surface area (Å²) in [6.07, 6.45) is 1.02. The largest absolute Gasteiger partial charge is 0.409 e. The second-order valence-corrected chi connectivity index (χ2v) is 3.85. The number of hydrogen-bond donors (Lipinski definition) is 2. The van der Waals surface area contributed by atoms with Gasteiger partial charge in [-0.05, 0) is 18.1 Å². The molecule has 0 radical (unpaired) electrons. The van der Waals surface area contributed by atoms with Crippen molar-refractivity contribution < 1.29 is 14.7 Å². The van der Waals surface area contributed by atoms with Gasteiger partial charge >= 0.3 is 0 Å². The van der Waals surface area contributed by atoms with Crippen molar-refractivity contribution in [3.8, 4) is 0 Å². The number of rotatable bonds is 8. The van der Waals surface area contributed by atoms with Gasteiger partial charge in [-0.1, -0.05) is 30.3 Å². The van der Waals surface area contributed by atoms with Gasteiger partial charge in [0.05, 0.1) is 19.8 Å². The predicted molar refractivity (Wildman–Crippen MR) is 69.7 cm³/mol. The van der Waals surface area contributed by atoms with Crippen LogP contribution in [0.4, 0.5) is 0 Å². The van der Waals surface area contributed by atoms with E-state index in [1.807, 2.05) is 18.2 Å². The molecular weight excluding hydrogens is 232 g/mol. The van der Waals surface area contributed by atoms with Gasteiger partial charge in [0.15, 0.2) is 5.84 Å². The molecule has 0 aliphatic heterocycles. The second-order valence-electron chi connectivity index (χ2n) is 3.85. The highest BCUT2D eigenvalue weighted by Crippen LogP contribution is 2.06. The molecule has 3 N–H and O–H groups in total. The van der Waals surface area contributed by atoms with Crippen LogP contribution >= 0.6 is 0 Å². The van der Waals surface area contributed by atoms with Crippen LogP contribution in [-0.4, -0.2) is 30.9 Å². The Balaban J connectivity index is 2.34. The molecule has 0 aliphatic carbocycles. The van der Waals surface area contributed by atoms with E-state index in [1.54, 1.807) is 6.07 Å². The third-order valence-corrected chi connectivity index (χ3v) is 2.32. The Hall–Kier alpha value is -1.59. The molecule has 1 aromatic rings. The van der Waals surface area contributed by atoms with Crippen molar-refractivity contribution in [2.24, 2.45) is 10.9 Å². The number of nitrogens with zero attached hydrogens (tertiary/aromatic N) is 1. The number of hydrogen-bond acceptors (Lipinski definition) is 4. The Morgan fingerprint density at radius 3 is 2.78 bits per heavy atom. The van der Waals surface area contributed by atoms with Crippen LogP contribution in [0.2, 0.25) is 0 Å². The maximum Gasteiger partial charge on any atom is 0.170 e. The number of oxime groups is 1. The van der Waals surface area contributed by atoms with Crippen LogP contribution < -0.4 is 5.73 Å². The fraction of sp³-hybridized carbons (Fsp3) is 0.462. The molecular formula is C13H20N2O3. The first-order valence-electron chi connectivity index (χ1n) is 6.00. The lowest BCUT2D eigenvalue weighted by Gasteiger charge is -2.06. The highest BCUT2D eigenvalue weighted by atomic mass is 16.5. The van der Waals surface area contributed by atoms with Gasteiger partial charge in [-0.3, -0.25) is 0 Å². The molecule has 1 aromatic carbocycles. The molecule has 0 atom stereocenters. The zero-order valence-electron chi connectivity index (χ0n) is 10.6. The van der Waals surface area contributed by atoms with Crippen molar-refractivity contribution in [3.63, 3.8) is 0 Å². The molecule has 0 spiro atoms. The van der Waals surface area contributed by atoms with Crippen molar-refractivity contribution in [2.45, 2.75) is 20.0 Å². The minimum Gasteiger partial charge on any atom is -0.409 e. The molecule has 0 bridgehead atoms. The fourth-order valence-electron chi connectivity index (χ4n) is 1.43. The first-order chi connectivity index (χ1) is 8.77. The summed E-state index contributed by atoms with van der Waals surface area (Å²) in [5, 5.41) is 11.6. The van der Waals surface area contributed by atoms with Crippen molar-refractivity contribution in [2.75, 3.05) is 19.8 Å². The van der Waals surface area contributed by atoms with Crippen molar-refractivity contribution >= 4 is 5.84 Å². The third-order valence-electron chi connectivity index (χ3n) is 2.32. The Kier molecular flexibility index (Phi) is 6.83. The first kappa shape index (κ1) is 14.5. The quantitative estimate of drug-likeness (QED) is 0.243. The Labute approximate surface area is 107 Å². The smallest absolute Gasteiger partial charge is 0.170 e. The summed E-state index contributed by atoms with van der Waals surface area (Å²) in [4.78, 5) is 0. The molecule has 5 nitrogen and oxygen atoms in total. The zero-order valence-corrected chi connectivity index (χ0v) is 10.6. The molecule has 0 fully saturated rings. The molecule has 100 valence electrons. The molecule has 0 aromatic heterocycles. The van der Waals surface area contributed by atoms with Gasteiger partial charge in [0, 0.05) is 12.2 Å². The van der Waals surface area contributed by atoms with Gasteiger partial charge < -0.3 is 20.4 Å². The topological polar surface area (TPSA) is 77.1 Å². The van der Waals surface area contributed by atoms with E-state index >= 15 is 0 Å². The number of amidine groups is 1. The first-order valence-corrected chi connectivity index (χ1v) is 6.00. The fourth-order valence-corrected chi connectivity index (χ4v) is 1.43. The normalized spacial score (nSPS) is 11.7. The van der Waals surface area contributed by atoms with Gasteiger partial charge in [0.1, 0.15) is 0 Å². The van der Waals surface area contributed by atoms with E-state index in [-0.39, 0.29) is 5.84 Å². The molecule has 1 rings (SSSR count). The Morgan fingerprint density at radius 1 is 1.28 bits per heavy atom. The minimum absolute atomic E-state index is 0.100. The SMILES string of the molecule is CCCOCCOCc1cccc(C(N)=NO)c1. The van der Waals surface area contributed by atoms with Gasteiger partial charge in [-0.2, -0.15) is 0 Å². The van der Waals surface area contributed by atoms with Crippen LogP contribution in [0.5, 0.6) is 0 Å². The maximum atomic E-state index is 8.59. The molecule has 5 heteroatoms. The summed E-state index contributed by atoms with van der Waals surface area (Å²) in [7, 11) is 0. The van der Waals surface area contributed by atoms with Crippen LogP contribution in [0.3, 0.4) is 0 Å². The van der Waals surface area contributed by atoms with E-state index in [0.717, 1.165) is 18.6 Å².